The van der Waals surface area contributed by atoms with Crippen LogP contribution >= 0.6 is 0 Å². The van der Waals surface area contributed by atoms with Crippen LogP contribution in [0, 0.1) is 0 Å². The van der Waals surface area contributed by atoms with E-state index in [1.807, 2.05) is 30.3 Å². The van der Waals surface area contributed by atoms with Crippen LogP contribution in [-0.2, 0) is 17.1 Å². The van der Waals surface area contributed by atoms with E-state index in [0.29, 0.717) is 0 Å². The van der Waals surface area contributed by atoms with Gasteiger partial charge in [-0.25, -0.2) is 24.3 Å². The quantitative estimate of drug-likeness (QED) is 0.543. The summed E-state index contributed by atoms with van der Waals surface area (Å²) < 4.78 is 0. The first kappa shape index (κ1) is 14.4. The van der Waals surface area contributed by atoms with Crippen molar-refractivity contribution in [2.75, 3.05) is 0 Å². The zero-order valence-corrected chi connectivity index (χ0v) is 11.7. The second-order valence-corrected chi connectivity index (χ2v) is 9.46. The normalized spacial score (nSPS) is 9.80. The third-order valence-electron chi connectivity index (χ3n) is 2.08. The molecule has 0 nitrogen and oxygen atoms in total. The van der Waals surface area contributed by atoms with Crippen molar-refractivity contribution in [3.63, 3.8) is 0 Å². The van der Waals surface area contributed by atoms with Gasteiger partial charge in [-0.05, 0) is 0 Å². The average Bonchev–Trinajstić information content (AvgIpc) is 2.80. The molecule has 0 amide bonds. The van der Waals surface area contributed by atoms with E-state index in [4.69, 9.17) is 0 Å². The Morgan fingerprint density at radius 3 is 1.53 bits per heavy atom. The van der Waals surface area contributed by atoms with Crippen LogP contribution < -0.4 is 5.19 Å². The fraction of sp³-hybridized carbons (Fsp3) is 0.231. The van der Waals surface area contributed by atoms with Crippen molar-refractivity contribution in [3.05, 3.63) is 54.6 Å². The maximum absolute atomic E-state index is 2.36. The summed E-state index contributed by atoms with van der Waals surface area (Å²) in [5.74, 6) is 0. The Kier molecular flexibility index (Phi) is 6.58. The molecule has 2 rings (SSSR count). The number of rotatable bonds is 1. The zero-order chi connectivity index (χ0) is 10.4. The predicted octanol–water partition coefficient (Wildman–Crippen LogP) is 3.35. The van der Waals surface area contributed by atoms with E-state index in [9.17, 15) is 0 Å². The van der Waals surface area contributed by atoms with Gasteiger partial charge in [0.2, 0.25) is 0 Å². The van der Waals surface area contributed by atoms with Gasteiger partial charge in [0.1, 0.15) is 0 Å². The fourth-order valence-electron chi connectivity index (χ4n) is 1.19. The summed E-state index contributed by atoms with van der Waals surface area (Å²) in [7, 11) is -0.981. The molecule has 0 unspecified atom stereocenters. The molecule has 0 spiro atoms. The number of hydrogen-bond donors (Lipinski definition) is 0. The minimum atomic E-state index is -0.981. The third kappa shape index (κ3) is 5.78. The van der Waals surface area contributed by atoms with Gasteiger partial charge >= 0.3 is 0 Å². The maximum Gasteiger partial charge on any atom is 0.0147 e. The molecule has 0 fully saturated rings. The van der Waals surface area contributed by atoms with E-state index in [1.54, 1.807) is 5.19 Å². The minimum absolute atomic E-state index is 0. The van der Waals surface area contributed by atoms with Gasteiger partial charge in [-0.3, -0.25) is 0 Å². The Morgan fingerprint density at radius 2 is 1.33 bits per heavy atom. The van der Waals surface area contributed by atoms with Gasteiger partial charge in [0.15, 0.2) is 0 Å². The Hall–Kier alpha value is -0.564. The molecule has 0 aliphatic rings. The molecule has 0 heterocycles. The van der Waals surface area contributed by atoms with Crippen LogP contribution in [0.1, 0.15) is 0 Å². The van der Waals surface area contributed by atoms with Crippen molar-refractivity contribution in [1.29, 1.82) is 0 Å². The molecule has 0 saturated heterocycles. The van der Waals surface area contributed by atoms with Gasteiger partial charge in [-0.15, -0.1) is 0 Å². The summed E-state index contributed by atoms with van der Waals surface area (Å²) in [4.78, 5) is 0. The first-order valence-electron chi connectivity index (χ1n) is 4.99. The Balaban J connectivity index is 0.000000280. The molecule has 84 valence electrons. The van der Waals surface area contributed by atoms with Gasteiger partial charge < -0.3 is 0 Å². The predicted molar refractivity (Wildman–Crippen MR) is 67.1 cm³/mol. The second kappa shape index (κ2) is 6.84. The summed E-state index contributed by atoms with van der Waals surface area (Å²) in [6, 6.07) is 18.7. The second-order valence-electron chi connectivity index (χ2n) is 4.39. The van der Waals surface area contributed by atoms with E-state index in [-0.39, 0.29) is 17.1 Å². The van der Waals surface area contributed by atoms with Gasteiger partial charge in [0.25, 0.3) is 0 Å². The number of hydrogen-bond acceptors (Lipinski definition) is 0. The van der Waals surface area contributed by atoms with Crippen LogP contribution in [0.25, 0.3) is 0 Å². The maximum atomic E-state index is 2.36. The van der Waals surface area contributed by atoms with Crippen LogP contribution in [0.15, 0.2) is 54.6 Å². The smallest absolute Gasteiger partial charge is 0.0147 e. The Morgan fingerprint density at radius 1 is 0.867 bits per heavy atom. The van der Waals surface area contributed by atoms with E-state index in [0.717, 1.165) is 0 Å². The molecule has 15 heavy (non-hydrogen) atoms. The Bertz CT molecular complexity index is 297. The van der Waals surface area contributed by atoms with Crippen molar-refractivity contribution in [1.82, 2.24) is 0 Å². The van der Waals surface area contributed by atoms with Crippen molar-refractivity contribution in [2.24, 2.45) is 0 Å². The third-order valence-corrected chi connectivity index (χ3v) is 4.15. The fourth-order valence-corrected chi connectivity index (χ4v) is 2.39. The van der Waals surface area contributed by atoms with E-state index >= 15 is 0 Å². The van der Waals surface area contributed by atoms with Crippen LogP contribution in [-0.4, -0.2) is 8.07 Å². The molecule has 2 aromatic rings. The molecule has 2 aromatic carbocycles. The van der Waals surface area contributed by atoms with Crippen LogP contribution in [0.3, 0.4) is 0 Å². The molecule has 0 N–H and O–H groups in total. The first-order valence-corrected chi connectivity index (χ1v) is 8.49. The molecule has 0 aliphatic heterocycles. The summed E-state index contributed by atoms with van der Waals surface area (Å²) in [6.07, 6.45) is 0. The molecule has 0 bridgehead atoms. The zero-order valence-electron chi connectivity index (χ0n) is 9.55. The molecule has 0 radical (unpaired) electrons. The standard InChI is InChI=1S/C8H13Si.C5H5.Fe/c1-9(2,3)8-6-4-5-7-8;1-2-4-5-3-1;/h4-7H,1-3H3;1-5H;/q2*-1;. The van der Waals surface area contributed by atoms with E-state index in [1.165, 1.54) is 0 Å². The SMILES string of the molecule is C[Si](C)(C)[c-]1cccc1.[Fe].c1cc[cH-]c1. The Labute approximate surface area is 105 Å². The molecule has 2 heteroatoms. The molecule has 0 atom stereocenters. The average molecular weight is 258 g/mol. The minimum Gasteiger partial charge on any atom is -0.214 e. The summed E-state index contributed by atoms with van der Waals surface area (Å²) >= 11 is 0. The molecular formula is C13H18FeSi-2. The van der Waals surface area contributed by atoms with Gasteiger partial charge in [-0.1, -0.05) is 19.6 Å². The van der Waals surface area contributed by atoms with Crippen molar-refractivity contribution in [3.8, 4) is 0 Å². The molecule has 0 aliphatic carbocycles. The monoisotopic (exact) mass is 258 g/mol. The van der Waals surface area contributed by atoms with E-state index in [2.05, 4.69) is 43.9 Å². The van der Waals surface area contributed by atoms with Crippen LogP contribution in [0.5, 0.6) is 0 Å². The summed E-state index contributed by atoms with van der Waals surface area (Å²) in [6.45, 7) is 7.09. The van der Waals surface area contributed by atoms with Gasteiger partial charge in [0.05, 0.1) is 0 Å². The van der Waals surface area contributed by atoms with Crippen molar-refractivity contribution in [2.45, 2.75) is 19.6 Å². The summed E-state index contributed by atoms with van der Waals surface area (Å²) in [5, 5.41) is 1.56. The first-order chi connectivity index (χ1) is 6.61. The topological polar surface area (TPSA) is 0 Å². The summed E-state index contributed by atoms with van der Waals surface area (Å²) in [5.41, 5.74) is 0. The molecule has 0 saturated carbocycles. The largest absolute Gasteiger partial charge is 0.214 e. The van der Waals surface area contributed by atoms with Gasteiger partial charge in [0, 0.05) is 25.1 Å². The van der Waals surface area contributed by atoms with Crippen molar-refractivity contribution < 1.29 is 17.1 Å². The van der Waals surface area contributed by atoms with E-state index < -0.39 is 8.07 Å². The van der Waals surface area contributed by atoms with Gasteiger partial charge in [-0.2, -0.15) is 35.5 Å². The molecule has 0 aromatic heterocycles. The molecular weight excluding hydrogens is 240 g/mol. The van der Waals surface area contributed by atoms with Crippen LogP contribution in [0.2, 0.25) is 19.6 Å². The van der Waals surface area contributed by atoms with Crippen LogP contribution in [0.4, 0.5) is 0 Å². The van der Waals surface area contributed by atoms with Crippen molar-refractivity contribution >= 4 is 13.3 Å².